The molecule has 120 valence electrons. The minimum atomic E-state index is -4.50. The summed E-state index contributed by atoms with van der Waals surface area (Å²) < 4.78 is 38.7. The Morgan fingerprint density at radius 2 is 1.65 bits per heavy atom. The molecule has 0 saturated heterocycles. The lowest BCUT2D eigenvalue weighted by Crippen LogP contribution is -2.06. The number of halogens is 2. The van der Waals surface area contributed by atoms with Gasteiger partial charge in [0.2, 0.25) is 9.84 Å². The van der Waals surface area contributed by atoms with E-state index in [4.69, 9.17) is 0 Å². The number of nitro groups is 2. The normalized spacial score (nSPS) is 11.2. The maximum atomic E-state index is 13.8. The van der Waals surface area contributed by atoms with Crippen molar-refractivity contribution in [3.05, 3.63) is 66.9 Å². The maximum absolute atomic E-state index is 13.8. The molecule has 0 fully saturated rings. The largest absolute Gasteiger partial charge is 0.284 e. The first-order chi connectivity index (χ1) is 10.6. The third-order valence-corrected chi connectivity index (χ3v) is 5.28. The summed E-state index contributed by atoms with van der Waals surface area (Å²) in [4.78, 5) is 18.4. The van der Waals surface area contributed by atoms with E-state index >= 15 is 0 Å². The number of nitrogens with zero attached hydrogens (tertiary/aromatic N) is 2. The summed E-state index contributed by atoms with van der Waals surface area (Å²) >= 11 is 2.90. The third-order valence-electron chi connectivity index (χ3n) is 2.84. The van der Waals surface area contributed by atoms with Crippen molar-refractivity contribution in [3.63, 3.8) is 0 Å². The number of nitro benzene ring substituents is 2. The fraction of sp³-hybridized carbons (Fsp3) is 0. The van der Waals surface area contributed by atoms with Crippen molar-refractivity contribution in [2.75, 3.05) is 0 Å². The van der Waals surface area contributed by atoms with Gasteiger partial charge in [-0.15, -0.1) is 0 Å². The van der Waals surface area contributed by atoms with E-state index in [-0.39, 0.29) is 4.47 Å². The van der Waals surface area contributed by atoms with Gasteiger partial charge in [0.05, 0.1) is 19.2 Å². The smallest absolute Gasteiger partial charge is 0.258 e. The second-order valence-electron chi connectivity index (χ2n) is 4.25. The van der Waals surface area contributed by atoms with Gasteiger partial charge in [0.1, 0.15) is 10.7 Å². The molecule has 0 saturated carbocycles. The third kappa shape index (κ3) is 3.19. The zero-order chi connectivity index (χ0) is 17.4. The molecule has 0 aromatic heterocycles. The Morgan fingerprint density at radius 1 is 1.00 bits per heavy atom. The van der Waals surface area contributed by atoms with Crippen molar-refractivity contribution in [2.24, 2.45) is 0 Å². The summed E-state index contributed by atoms with van der Waals surface area (Å²) in [6.07, 6.45) is 0. The Labute approximate surface area is 136 Å². The molecule has 0 bridgehead atoms. The molecule has 0 radical (unpaired) electrons. The van der Waals surface area contributed by atoms with Gasteiger partial charge in [0.15, 0.2) is 0 Å². The monoisotopic (exact) mass is 404 g/mol. The van der Waals surface area contributed by atoms with E-state index in [1.54, 1.807) is 0 Å². The molecule has 0 amide bonds. The molecule has 8 nitrogen and oxygen atoms in total. The fourth-order valence-corrected chi connectivity index (χ4v) is 3.50. The molecule has 0 aliphatic heterocycles. The molecule has 0 unspecified atom stereocenters. The average molecular weight is 405 g/mol. The molecule has 0 spiro atoms. The zero-order valence-corrected chi connectivity index (χ0v) is 13.4. The minimum Gasteiger partial charge on any atom is -0.258 e. The van der Waals surface area contributed by atoms with Crippen LogP contribution in [0.2, 0.25) is 0 Å². The number of rotatable bonds is 4. The van der Waals surface area contributed by atoms with Crippen LogP contribution in [0.4, 0.5) is 15.8 Å². The molecule has 2 rings (SSSR count). The number of non-ortho nitro benzene ring substituents is 1. The zero-order valence-electron chi connectivity index (χ0n) is 11.0. The molecule has 0 aliphatic rings. The molecule has 0 N–H and O–H groups in total. The number of sulfone groups is 1. The lowest BCUT2D eigenvalue weighted by Gasteiger charge is -2.06. The Kier molecular flexibility index (Phi) is 4.43. The van der Waals surface area contributed by atoms with Crippen molar-refractivity contribution in [1.82, 2.24) is 0 Å². The number of hydrogen-bond donors (Lipinski definition) is 0. The van der Waals surface area contributed by atoms with Gasteiger partial charge in [-0.05, 0) is 34.1 Å². The molecule has 0 aliphatic carbocycles. The summed E-state index contributed by atoms with van der Waals surface area (Å²) in [6, 6.07) is 4.94. The molecule has 2 aromatic carbocycles. The minimum absolute atomic E-state index is 0.0426. The summed E-state index contributed by atoms with van der Waals surface area (Å²) in [5.41, 5.74) is -1.14. The highest BCUT2D eigenvalue weighted by atomic mass is 79.9. The summed E-state index contributed by atoms with van der Waals surface area (Å²) in [7, 11) is -4.50. The molecule has 23 heavy (non-hydrogen) atoms. The molecular formula is C12H6BrFN2O6S. The second kappa shape index (κ2) is 6.01. The SMILES string of the molecule is O=[N+]([O-])c1ccc(F)c(S(=O)(=O)c2ccc(Br)c([N+](=O)[O-])c2)c1. The van der Waals surface area contributed by atoms with Crippen LogP contribution in [0.5, 0.6) is 0 Å². The molecular weight excluding hydrogens is 399 g/mol. The molecule has 2 aromatic rings. The Hall–Kier alpha value is -2.40. The van der Waals surface area contributed by atoms with E-state index in [0.717, 1.165) is 24.3 Å². The van der Waals surface area contributed by atoms with Crippen LogP contribution in [0.3, 0.4) is 0 Å². The van der Waals surface area contributed by atoms with Crippen LogP contribution in [-0.4, -0.2) is 18.3 Å². The first kappa shape index (κ1) is 17.0. The van der Waals surface area contributed by atoms with Crippen LogP contribution in [0, 0.1) is 26.0 Å². The quantitative estimate of drug-likeness (QED) is 0.569. The van der Waals surface area contributed by atoms with Gasteiger partial charge in [0, 0.05) is 18.2 Å². The highest BCUT2D eigenvalue weighted by molar-refractivity contribution is 9.10. The Morgan fingerprint density at radius 3 is 2.22 bits per heavy atom. The first-order valence-electron chi connectivity index (χ1n) is 5.77. The van der Waals surface area contributed by atoms with E-state index in [2.05, 4.69) is 15.9 Å². The van der Waals surface area contributed by atoms with Crippen LogP contribution in [-0.2, 0) is 9.84 Å². The molecule has 0 heterocycles. The topological polar surface area (TPSA) is 120 Å². The number of benzene rings is 2. The van der Waals surface area contributed by atoms with Crippen LogP contribution >= 0.6 is 15.9 Å². The maximum Gasteiger partial charge on any atom is 0.284 e. The predicted molar refractivity (Wildman–Crippen MR) is 79.3 cm³/mol. The average Bonchev–Trinajstić information content (AvgIpc) is 2.47. The van der Waals surface area contributed by atoms with E-state index in [1.165, 1.54) is 0 Å². The number of hydrogen-bond acceptors (Lipinski definition) is 6. The van der Waals surface area contributed by atoms with Gasteiger partial charge in [-0.25, -0.2) is 12.8 Å². The summed E-state index contributed by atoms with van der Waals surface area (Å²) in [6.45, 7) is 0. The van der Waals surface area contributed by atoms with Crippen LogP contribution in [0.15, 0.2) is 50.7 Å². The standard InChI is InChI=1S/C12H6BrFN2O6S/c13-9-3-2-8(6-11(9)16(19)20)23(21,22)12-5-7(15(17)18)1-4-10(12)14/h1-6H. The molecule has 0 atom stereocenters. The van der Waals surface area contributed by atoms with Crippen LogP contribution < -0.4 is 0 Å². The van der Waals surface area contributed by atoms with Crippen molar-refractivity contribution in [1.29, 1.82) is 0 Å². The fourth-order valence-electron chi connectivity index (χ4n) is 1.74. The van der Waals surface area contributed by atoms with Gasteiger partial charge in [-0.2, -0.15) is 0 Å². The first-order valence-corrected chi connectivity index (χ1v) is 8.05. The predicted octanol–water partition coefficient (Wildman–Crippen LogP) is 3.24. The van der Waals surface area contributed by atoms with Crippen molar-refractivity contribution >= 4 is 37.1 Å². The van der Waals surface area contributed by atoms with Crippen molar-refractivity contribution in [2.45, 2.75) is 9.79 Å². The molecule has 11 heteroatoms. The lowest BCUT2D eigenvalue weighted by molar-refractivity contribution is -0.385. The van der Waals surface area contributed by atoms with Gasteiger partial charge >= 0.3 is 0 Å². The van der Waals surface area contributed by atoms with Crippen LogP contribution in [0.25, 0.3) is 0 Å². The van der Waals surface area contributed by atoms with E-state index < -0.39 is 46.7 Å². The van der Waals surface area contributed by atoms with Crippen molar-refractivity contribution < 1.29 is 22.7 Å². The van der Waals surface area contributed by atoms with E-state index in [1.807, 2.05) is 0 Å². The van der Waals surface area contributed by atoms with E-state index in [9.17, 15) is 33.0 Å². The van der Waals surface area contributed by atoms with Gasteiger partial charge < -0.3 is 0 Å². The Bertz CT molecular complexity index is 931. The van der Waals surface area contributed by atoms with Crippen LogP contribution in [0.1, 0.15) is 0 Å². The lowest BCUT2D eigenvalue weighted by atomic mass is 10.3. The van der Waals surface area contributed by atoms with E-state index in [0.29, 0.717) is 12.1 Å². The van der Waals surface area contributed by atoms with Crippen molar-refractivity contribution in [3.8, 4) is 0 Å². The highest BCUT2D eigenvalue weighted by Crippen LogP contribution is 2.32. The van der Waals surface area contributed by atoms with Gasteiger partial charge in [-0.3, -0.25) is 20.2 Å². The second-order valence-corrected chi connectivity index (χ2v) is 7.02. The van der Waals surface area contributed by atoms with Gasteiger partial charge in [0.25, 0.3) is 11.4 Å². The van der Waals surface area contributed by atoms with Gasteiger partial charge in [-0.1, -0.05) is 0 Å². The summed E-state index contributed by atoms with van der Waals surface area (Å²) in [5.74, 6) is -1.19. The Balaban J connectivity index is 2.68. The summed E-state index contributed by atoms with van der Waals surface area (Å²) in [5, 5.41) is 21.6. The highest BCUT2D eigenvalue weighted by Gasteiger charge is 2.27.